The predicted octanol–water partition coefficient (Wildman–Crippen LogP) is 4.90. The molecule has 4 rings (SSSR count). The first kappa shape index (κ1) is 12.6. The molecule has 0 N–H and O–H groups in total. The number of hydrogen-bond acceptors (Lipinski definition) is 3. The number of thiophene rings is 1. The molecule has 1 aromatic heterocycles. The van der Waals surface area contributed by atoms with Gasteiger partial charge in [-0.25, -0.2) is 0 Å². The second kappa shape index (κ2) is 4.71. The van der Waals surface area contributed by atoms with Crippen LogP contribution in [0.4, 0.5) is 0 Å². The highest BCUT2D eigenvalue weighted by molar-refractivity contribution is 7.23. The molecule has 104 valence electrons. The van der Waals surface area contributed by atoms with Crippen molar-refractivity contribution in [2.45, 2.75) is 13.3 Å². The molecule has 1 heterocycles. The van der Waals surface area contributed by atoms with Crippen molar-refractivity contribution in [1.82, 2.24) is 0 Å². The molecule has 1 aliphatic rings. The van der Waals surface area contributed by atoms with E-state index in [0.29, 0.717) is 12.4 Å². The molecule has 0 amide bonds. The smallest absolute Gasteiger partial charge is 0.199 e. The predicted molar refractivity (Wildman–Crippen MR) is 86.5 cm³/mol. The van der Waals surface area contributed by atoms with Gasteiger partial charge in [0.15, 0.2) is 5.78 Å². The van der Waals surface area contributed by atoms with Crippen LogP contribution < -0.4 is 4.74 Å². The molecule has 0 radical (unpaired) electrons. The maximum absolute atomic E-state index is 12.9. The van der Waals surface area contributed by atoms with Crippen LogP contribution in [0.3, 0.4) is 0 Å². The van der Waals surface area contributed by atoms with Gasteiger partial charge in [-0.15, -0.1) is 11.3 Å². The summed E-state index contributed by atoms with van der Waals surface area (Å²) in [5.74, 6) is 0.816. The van der Waals surface area contributed by atoms with Crippen LogP contribution in [0.2, 0.25) is 0 Å². The Morgan fingerprint density at radius 2 is 1.90 bits per heavy atom. The van der Waals surface area contributed by atoms with E-state index in [1.165, 1.54) is 4.70 Å². The first-order valence-electron chi connectivity index (χ1n) is 7.13. The van der Waals surface area contributed by atoms with Gasteiger partial charge in [0.25, 0.3) is 0 Å². The SMILES string of the molecule is CCCOc1cccc2c1C(=O)c1c-2sc2ccccc12. The molecule has 0 aliphatic heterocycles. The number of rotatable bonds is 3. The lowest BCUT2D eigenvalue weighted by atomic mass is 10.1. The number of hydrogen-bond donors (Lipinski definition) is 0. The van der Waals surface area contributed by atoms with E-state index in [1.54, 1.807) is 11.3 Å². The zero-order valence-corrected chi connectivity index (χ0v) is 12.5. The van der Waals surface area contributed by atoms with Crippen molar-refractivity contribution >= 4 is 27.2 Å². The second-order valence-electron chi connectivity index (χ2n) is 5.16. The number of fused-ring (bicyclic) bond motifs is 5. The lowest BCUT2D eigenvalue weighted by Gasteiger charge is -2.09. The number of ether oxygens (including phenoxy) is 1. The molecule has 0 bridgehead atoms. The molecule has 0 fully saturated rings. The van der Waals surface area contributed by atoms with Crippen molar-refractivity contribution in [2.24, 2.45) is 0 Å². The highest BCUT2D eigenvalue weighted by Crippen LogP contribution is 2.48. The summed E-state index contributed by atoms with van der Waals surface area (Å²) in [6, 6.07) is 14.0. The van der Waals surface area contributed by atoms with Gasteiger partial charge < -0.3 is 4.74 Å². The molecule has 3 aromatic rings. The molecular weight excluding hydrogens is 280 g/mol. The normalized spacial score (nSPS) is 12.5. The number of benzene rings is 2. The van der Waals surface area contributed by atoms with Crippen LogP contribution in [0.25, 0.3) is 20.5 Å². The van der Waals surface area contributed by atoms with Gasteiger partial charge in [0.2, 0.25) is 0 Å². The number of ketones is 1. The summed E-state index contributed by atoms with van der Waals surface area (Å²) < 4.78 is 6.93. The average molecular weight is 294 g/mol. The van der Waals surface area contributed by atoms with Gasteiger partial charge in [-0.05, 0) is 18.6 Å². The van der Waals surface area contributed by atoms with Crippen molar-refractivity contribution in [1.29, 1.82) is 0 Å². The van der Waals surface area contributed by atoms with E-state index in [4.69, 9.17) is 4.74 Å². The van der Waals surface area contributed by atoms with Gasteiger partial charge in [-0.2, -0.15) is 0 Å². The van der Waals surface area contributed by atoms with Gasteiger partial charge in [-0.1, -0.05) is 37.3 Å². The molecule has 2 nitrogen and oxygen atoms in total. The van der Waals surface area contributed by atoms with Crippen LogP contribution in [-0.2, 0) is 0 Å². The first-order chi connectivity index (χ1) is 10.3. The van der Waals surface area contributed by atoms with Crippen molar-refractivity contribution in [3.8, 4) is 16.2 Å². The fraction of sp³-hybridized carbons (Fsp3) is 0.167. The molecule has 0 atom stereocenters. The van der Waals surface area contributed by atoms with Gasteiger partial charge in [0, 0.05) is 26.1 Å². The Kier molecular flexibility index (Phi) is 2.82. The van der Waals surface area contributed by atoms with Crippen molar-refractivity contribution in [3.05, 3.63) is 53.6 Å². The minimum Gasteiger partial charge on any atom is -0.493 e. The zero-order valence-electron chi connectivity index (χ0n) is 11.7. The van der Waals surface area contributed by atoms with E-state index in [-0.39, 0.29) is 5.78 Å². The molecule has 1 aliphatic carbocycles. The lowest BCUT2D eigenvalue weighted by molar-refractivity contribution is 0.104. The van der Waals surface area contributed by atoms with E-state index in [0.717, 1.165) is 33.4 Å². The molecule has 21 heavy (non-hydrogen) atoms. The van der Waals surface area contributed by atoms with E-state index < -0.39 is 0 Å². The third kappa shape index (κ3) is 1.74. The summed E-state index contributed by atoms with van der Waals surface area (Å²) in [6.45, 7) is 2.70. The van der Waals surface area contributed by atoms with Crippen molar-refractivity contribution < 1.29 is 9.53 Å². The summed E-state index contributed by atoms with van der Waals surface area (Å²) >= 11 is 1.69. The van der Waals surface area contributed by atoms with Gasteiger partial charge in [0.1, 0.15) is 5.75 Å². The summed E-state index contributed by atoms with van der Waals surface area (Å²) in [7, 11) is 0. The van der Waals surface area contributed by atoms with Crippen molar-refractivity contribution in [2.75, 3.05) is 6.61 Å². The standard InChI is InChI=1S/C18H14O2S/c1-2-10-20-13-8-5-7-12-15(13)17(19)16-11-6-3-4-9-14(11)21-18(12)16/h3-9H,2,10H2,1H3. The molecule has 0 saturated heterocycles. The van der Waals surface area contributed by atoms with E-state index in [9.17, 15) is 4.79 Å². The van der Waals surface area contributed by atoms with E-state index in [2.05, 4.69) is 13.0 Å². The van der Waals surface area contributed by atoms with Crippen LogP contribution in [0, 0.1) is 0 Å². The van der Waals surface area contributed by atoms with Crippen LogP contribution >= 0.6 is 11.3 Å². The highest BCUT2D eigenvalue weighted by atomic mass is 32.1. The minimum atomic E-state index is 0.101. The maximum Gasteiger partial charge on any atom is 0.199 e. The topological polar surface area (TPSA) is 26.3 Å². The summed E-state index contributed by atoms with van der Waals surface area (Å²) in [4.78, 5) is 14.0. The molecule has 0 unspecified atom stereocenters. The second-order valence-corrected chi connectivity index (χ2v) is 6.21. The quantitative estimate of drug-likeness (QED) is 0.537. The largest absolute Gasteiger partial charge is 0.493 e. The van der Waals surface area contributed by atoms with Gasteiger partial charge in [-0.3, -0.25) is 4.79 Å². The fourth-order valence-electron chi connectivity index (χ4n) is 2.87. The Bertz CT molecular complexity index is 861. The van der Waals surface area contributed by atoms with Crippen LogP contribution in [0.1, 0.15) is 29.3 Å². The Morgan fingerprint density at radius 1 is 1.05 bits per heavy atom. The molecule has 0 spiro atoms. The average Bonchev–Trinajstić information content (AvgIpc) is 3.02. The van der Waals surface area contributed by atoms with E-state index >= 15 is 0 Å². The highest BCUT2D eigenvalue weighted by Gasteiger charge is 2.33. The minimum absolute atomic E-state index is 0.101. The number of carbonyl (C=O) groups excluding carboxylic acids is 1. The Labute approximate surface area is 127 Å². The lowest BCUT2D eigenvalue weighted by Crippen LogP contribution is -2.02. The summed E-state index contributed by atoms with van der Waals surface area (Å²) in [5, 5.41) is 1.06. The van der Waals surface area contributed by atoms with Gasteiger partial charge >= 0.3 is 0 Å². The van der Waals surface area contributed by atoms with E-state index in [1.807, 2.05) is 36.4 Å². The Morgan fingerprint density at radius 3 is 2.76 bits per heavy atom. The first-order valence-corrected chi connectivity index (χ1v) is 7.95. The third-order valence-electron chi connectivity index (χ3n) is 3.78. The van der Waals surface area contributed by atoms with Gasteiger partial charge in [0.05, 0.1) is 12.2 Å². The molecule has 3 heteroatoms. The van der Waals surface area contributed by atoms with Crippen molar-refractivity contribution in [3.63, 3.8) is 0 Å². The molecular formula is C18H14O2S. The molecule has 2 aromatic carbocycles. The monoisotopic (exact) mass is 294 g/mol. The third-order valence-corrected chi connectivity index (χ3v) is 4.99. The summed E-state index contributed by atoms with van der Waals surface area (Å²) in [6.07, 6.45) is 0.933. The van der Waals surface area contributed by atoms with Crippen LogP contribution in [0.15, 0.2) is 42.5 Å². The fourth-order valence-corrected chi connectivity index (χ4v) is 4.10. The Balaban J connectivity index is 1.95. The Hall–Kier alpha value is -2.13. The number of carbonyl (C=O) groups is 1. The zero-order chi connectivity index (χ0) is 14.4. The summed E-state index contributed by atoms with van der Waals surface area (Å²) in [5.41, 5.74) is 2.60. The van der Waals surface area contributed by atoms with Crippen LogP contribution in [-0.4, -0.2) is 12.4 Å². The maximum atomic E-state index is 12.9. The van der Waals surface area contributed by atoms with Crippen LogP contribution in [0.5, 0.6) is 5.75 Å². The molecule has 0 saturated carbocycles.